The van der Waals surface area contributed by atoms with E-state index in [4.69, 9.17) is 0 Å². The topological polar surface area (TPSA) is 69.6 Å². The van der Waals surface area contributed by atoms with Gasteiger partial charge in [-0.2, -0.15) is 0 Å². The molecule has 0 radical (unpaired) electrons. The summed E-state index contributed by atoms with van der Waals surface area (Å²) in [5, 5.41) is 14.1. The zero-order valence-electron chi connectivity index (χ0n) is 14.7. The van der Waals surface area contributed by atoms with E-state index >= 15 is 0 Å². The van der Waals surface area contributed by atoms with Crippen LogP contribution in [0.15, 0.2) is 41.8 Å². The third-order valence-electron chi connectivity index (χ3n) is 4.81. The van der Waals surface area contributed by atoms with Crippen molar-refractivity contribution in [2.75, 3.05) is 19.6 Å². The lowest BCUT2D eigenvalue weighted by atomic mass is 9.89. The molecule has 0 aliphatic carbocycles. The minimum absolute atomic E-state index is 0.0674. The predicted octanol–water partition coefficient (Wildman–Crippen LogP) is 3.37. The molecular weight excluding hydrogens is 348 g/mol. The number of phenolic OH excluding ortho intramolecular Hbond substituents is 1. The van der Waals surface area contributed by atoms with Crippen LogP contribution in [0.4, 0.5) is 0 Å². The van der Waals surface area contributed by atoms with E-state index in [1.54, 1.807) is 18.2 Å². The molecule has 1 fully saturated rings. The second-order valence-electron chi connectivity index (χ2n) is 6.58. The van der Waals surface area contributed by atoms with Crippen molar-refractivity contribution in [3.63, 3.8) is 0 Å². The summed E-state index contributed by atoms with van der Waals surface area (Å²) in [5.41, 5.74) is 1.23. The standard InChI is InChI=1S/C20H24N2O3S/c23-17-7-5-15(6-8-17)16-9-12-22(13-10-16)19(24)4-1-11-21-20(25)18-3-2-14-26-18/h2-3,5-8,14,16,23H,1,4,9-13H2,(H,21,25). The number of aromatic hydroxyl groups is 1. The van der Waals surface area contributed by atoms with Gasteiger partial charge in [0, 0.05) is 26.1 Å². The monoisotopic (exact) mass is 372 g/mol. The molecule has 2 amide bonds. The van der Waals surface area contributed by atoms with Crippen LogP contribution in [-0.4, -0.2) is 41.5 Å². The molecule has 1 aliphatic rings. The molecule has 1 aliphatic heterocycles. The second-order valence-corrected chi connectivity index (χ2v) is 7.53. The molecule has 26 heavy (non-hydrogen) atoms. The third-order valence-corrected chi connectivity index (χ3v) is 5.68. The Balaban J connectivity index is 1.36. The van der Waals surface area contributed by atoms with Gasteiger partial charge in [0.25, 0.3) is 5.91 Å². The molecule has 0 unspecified atom stereocenters. The smallest absolute Gasteiger partial charge is 0.261 e. The van der Waals surface area contributed by atoms with Gasteiger partial charge in [0.2, 0.25) is 5.91 Å². The Morgan fingerprint density at radius 3 is 2.54 bits per heavy atom. The molecule has 0 spiro atoms. The summed E-state index contributed by atoms with van der Waals surface area (Å²) in [7, 11) is 0. The van der Waals surface area contributed by atoms with Crippen LogP contribution >= 0.6 is 11.3 Å². The number of hydrogen-bond acceptors (Lipinski definition) is 4. The molecule has 138 valence electrons. The molecule has 6 heteroatoms. The first kappa shape index (κ1) is 18.5. The second kappa shape index (κ2) is 8.85. The molecule has 1 aromatic carbocycles. The summed E-state index contributed by atoms with van der Waals surface area (Å²) in [4.78, 5) is 26.8. The molecule has 1 saturated heterocycles. The highest BCUT2D eigenvalue weighted by molar-refractivity contribution is 7.12. The average Bonchev–Trinajstić information content (AvgIpc) is 3.20. The Labute approximate surface area is 157 Å². The van der Waals surface area contributed by atoms with Crippen LogP contribution in [0.3, 0.4) is 0 Å². The van der Waals surface area contributed by atoms with E-state index in [9.17, 15) is 14.7 Å². The van der Waals surface area contributed by atoms with Gasteiger partial charge in [0.05, 0.1) is 4.88 Å². The molecule has 5 nitrogen and oxygen atoms in total. The fraction of sp³-hybridized carbons (Fsp3) is 0.400. The van der Waals surface area contributed by atoms with Crippen molar-refractivity contribution in [2.45, 2.75) is 31.6 Å². The number of hydrogen-bond donors (Lipinski definition) is 2. The molecule has 2 heterocycles. The van der Waals surface area contributed by atoms with Gasteiger partial charge >= 0.3 is 0 Å². The first-order valence-corrected chi connectivity index (χ1v) is 9.90. The number of likely N-dealkylation sites (tertiary alicyclic amines) is 1. The number of benzene rings is 1. The molecular formula is C20H24N2O3S. The summed E-state index contributed by atoms with van der Waals surface area (Å²) >= 11 is 1.42. The average molecular weight is 372 g/mol. The van der Waals surface area contributed by atoms with Crippen LogP contribution in [0.2, 0.25) is 0 Å². The number of nitrogens with zero attached hydrogens (tertiary/aromatic N) is 1. The summed E-state index contributed by atoms with van der Waals surface area (Å²) < 4.78 is 0. The SMILES string of the molecule is O=C(NCCCC(=O)N1CCC(c2ccc(O)cc2)CC1)c1cccs1. The zero-order chi connectivity index (χ0) is 18.4. The highest BCUT2D eigenvalue weighted by atomic mass is 32.1. The van der Waals surface area contributed by atoms with Crippen molar-refractivity contribution < 1.29 is 14.7 Å². The summed E-state index contributed by atoms with van der Waals surface area (Å²) in [5.74, 6) is 0.832. The summed E-state index contributed by atoms with van der Waals surface area (Å²) in [6.07, 6.45) is 3.03. The largest absolute Gasteiger partial charge is 0.508 e. The lowest BCUT2D eigenvalue weighted by molar-refractivity contribution is -0.132. The molecule has 3 rings (SSSR count). The van der Waals surface area contributed by atoms with E-state index < -0.39 is 0 Å². The van der Waals surface area contributed by atoms with Gasteiger partial charge < -0.3 is 15.3 Å². The summed E-state index contributed by atoms with van der Waals surface area (Å²) in [6, 6.07) is 11.0. The van der Waals surface area contributed by atoms with E-state index in [0.717, 1.165) is 25.9 Å². The van der Waals surface area contributed by atoms with Crippen molar-refractivity contribution in [3.8, 4) is 5.75 Å². The number of carbonyl (C=O) groups is 2. The minimum atomic E-state index is -0.0674. The van der Waals surface area contributed by atoms with E-state index in [-0.39, 0.29) is 17.6 Å². The Kier molecular flexibility index (Phi) is 6.28. The Morgan fingerprint density at radius 2 is 1.88 bits per heavy atom. The van der Waals surface area contributed by atoms with Crippen LogP contribution < -0.4 is 5.32 Å². The van der Waals surface area contributed by atoms with Gasteiger partial charge in [-0.3, -0.25) is 9.59 Å². The molecule has 2 aromatic rings. The number of amides is 2. The maximum absolute atomic E-state index is 12.3. The number of phenols is 1. The van der Waals surface area contributed by atoms with E-state index in [2.05, 4.69) is 5.32 Å². The normalized spacial score (nSPS) is 15.0. The first-order valence-electron chi connectivity index (χ1n) is 9.02. The fourth-order valence-corrected chi connectivity index (χ4v) is 3.94. The van der Waals surface area contributed by atoms with Crippen LogP contribution in [0.5, 0.6) is 5.75 Å². The highest BCUT2D eigenvalue weighted by Crippen LogP contribution is 2.29. The highest BCUT2D eigenvalue weighted by Gasteiger charge is 2.23. The van der Waals surface area contributed by atoms with E-state index in [0.29, 0.717) is 30.2 Å². The Hall–Kier alpha value is -2.34. The van der Waals surface area contributed by atoms with Gasteiger partial charge in [0.15, 0.2) is 0 Å². The Morgan fingerprint density at radius 1 is 1.15 bits per heavy atom. The molecule has 0 saturated carbocycles. The van der Waals surface area contributed by atoms with Crippen molar-refractivity contribution in [3.05, 3.63) is 52.2 Å². The number of nitrogens with one attached hydrogen (secondary N) is 1. The van der Waals surface area contributed by atoms with Gasteiger partial charge in [-0.25, -0.2) is 0 Å². The van der Waals surface area contributed by atoms with Gasteiger partial charge in [-0.1, -0.05) is 18.2 Å². The number of thiophene rings is 1. The van der Waals surface area contributed by atoms with Crippen molar-refractivity contribution in [1.29, 1.82) is 0 Å². The van der Waals surface area contributed by atoms with Crippen molar-refractivity contribution in [2.24, 2.45) is 0 Å². The number of piperidine rings is 1. The maximum Gasteiger partial charge on any atom is 0.261 e. The number of rotatable bonds is 6. The predicted molar refractivity (Wildman–Crippen MR) is 103 cm³/mol. The third kappa shape index (κ3) is 4.85. The van der Waals surface area contributed by atoms with Gasteiger partial charge in [-0.15, -0.1) is 11.3 Å². The maximum atomic E-state index is 12.3. The summed E-state index contributed by atoms with van der Waals surface area (Å²) in [6.45, 7) is 2.06. The van der Waals surface area contributed by atoms with Crippen LogP contribution in [-0.2, 0) is 4.79 Å². The minimum Gasteiger partial charge on any atom is -0.508 e. The number of carbonyl (C=O) groups excluding carboxylic acids is 2. The Bertz CT molecular complexity index is 720. The molecule has 0 atom stereocenters. The quantitative estimate of drug-likeness (QED) is 0.764. The van der Waals surface area contributed by atoms with E-state index in [1.807, 2.05) is 28.5 Å². The van der Waals surface area contributed by atoms with Crippen LogP contribution in [0.25, 0.3) is 0 Å². The molecule has 1 aromatic heterocycles. The van der Waals surface area contributed by atoms with Crippen LogP contribution in [0, 0.1) is 0 Å². The molecule has 0 bridgehead atoms. The lowest BCUT2D eigenvalue weighted by Crippen LogP contribution is -2.38. The first-order chi connectivity index (χ1) is 12.6. The van der Waals surface area contributed by atoms with Crippen molar-refractivity contribution >= 4 is 23.2 Å². The fourth-order valence-electron chi connectivity index (χ4n) is 3.30. The van der Waals surface area contributed by atoms with Gasteiger partial charge in [0.1, 0.15) is 5.75 Å². The zero-order valence-corrected chi connectivity index (χ0v) is 15.5. The van der Waals surface area contributed by atoms with Crippen LogP contribution in [0.1, 0.15) is 46.8 Å². The molecule has 2 N–H and O–H groups in total. The van der Waals surface area contributed by atoms with Gasteiger partial charge in [-0.05, 0) is 54.3 Å². The lowest BCUT2D eigenvalue weighted by Gasteiger charge is -2.32. The van der Waals surface area contributed by atoms with E-state index in [1.165, 1.54) is 16.9 Å². The van der Waals surface area contributed by atoms with Crippen molar-refractivity contribution in [1.82, 2.24) is 10.2 Å².